The smallest absolute Gasteiger partial charge is 0.159 e. The van der Waals surface area contributed by atoms with Gasteiger partial charge < -0.3 is 5.32 Å². The molecule has 0 bridgehead atoms. The maximum absolute atomic E-state index is 11.1. The molecule has 1 N–H and O–H groups in total. The van der Waals surface area contributed by atoms with E-state index >= 15 is 0 Å². The average Bonchev–Trinajstić information content (AvgIpc) is 1.84. The van der Waals surface area contributed by atoms with Crippen molar-refractivity contribution in [1.29, 1.82) is 0 Å². The first-order chi connectivity index (χ1) is 5.33. The summed E-state index contributed by atoms with van der Waals surface area (Å²) in [4.78, 5) is 11.1. The lowest BCUT2D eigenvalue weighted by Gasteiger charge is -2.18. The van der Waals surface area contributed by atoms with Crippen LogP contribution in [0, 0.1) is 5.92 Å². The maximum Gasteiger partial charge on any atom is 0.159 e. The van der Waals surface area contributed by atoms with Gasteiger partial charge in [0.05, 0.1) is 0 Å². The van der Waals surface area contributed by atoms with E-state index in [1.54, 1.807) is 12.3 Å². The third-order valence-electron chi connectivity index (χ3n) is 1.33. The summed E-state index contributed by atoms with van der Waals surface area (Å²) in [5, 5.41) is 3.11. The summed E-state index contributed by atoms with van der Waals surface area (Å²) in [5.41, 5.74) is 0.0355. The highest BCUT2D eigenvalue weighted by Gasteiger charge is 2.06. The summed E-state index contributed by atoms with van der Waals surface area (Å²) in [6.45, 7) is 9.94. The quantitative estimate of drug-likeness (QED) is 0.656. The second kappa shape index (κ2) is 4.29. The van der Waals surface area contributed by atoms with E-state index in [2.05, 4.69) is 26.1 Å². The molecule has 0 fully saturated rings. The molecule has 0 saturated carbocycles. The van der Waals surface area contributed by atoms with Crippen molar-refractivity contribution in [3.05, 3.63) is 12.3 Å². The first-order valence-corrected chi connectivity index (χ1v) is 4.31. The van der Waals surface area contributed by atoms with Crippen LogP contribution in [0.4, 0.5) is 0 Å². The Labute approximate surface area is 75.0 Å². The molecule has 0 spiro atoms. The molecule has 0 aromatic carbocycles. The molecule has 12 heavy (non-hydrogen) atoms. The molecule has 0 atom stereocenters. The summed E-state index contributed by atoms with van der Waals surface area (Å²) in [6.07, 6.45) is 3.32. The lowest BCUT2D eigenvalue weighted by Crippen LogP contribution is -2.31. The second-order valence-corrected chi connectivity index (χ2v) is 4.28. The first-order valence-electron chi connectivity index (χ1n) is 4.31. The Kier molecular flexibility index (Phi) is 4.01. The highest BCUT2D eigenvalue weighted by molar-refractivity contribution is 5.91. The van der Waals surface area contributed by atoms with Crippen LogP contribution in [0.15, 0.2) is 12.3 Å². The summed E-state index contributed by atoms with van der Waals surface area (Å²) < 4.78 is 0. The van der Waals surface area contributed by atoms with E-state index in [1.165, 1.54) is 0 Å². The highest BCUT2D eigenvalue weighted by atomic mass is 16.1. The fraction of sp³-hybridized carbons (Fsp3) is 0.700. The van der Waals surface area contributed by atoms with E-state index in [0.29, 0.717) is 0 Å². The van der Waals surface area contributed by atoms with Gasteiger partial charge in [-0.05, 0) is 26.8 Å². The van der Waals surface area contributed by atoms with Crippen LogP contribution in [0.5, 0.6) is 0 Å². The van der Waals surface area contributed by atoms with Crippen LogP contribution in [-0.4, -0.2) is 11.3 Å². The predicted molar refractivity (Wildman–Crippen MR) is 51.9 cm³/mol. The molecule has 70 valence electrons. The third kappa shape index (κ3) is 5.96. The van der Waals surface area contributed by atoms with E-state index in [9.17, 15) is 4.79 Å². The minimum atomic E-state index is 0.0355. The number of hydrogen-bond donors (Lipinski definition) is 1. The lowest BCUT2D eigenvalue weighted by molar-refractivity contribution is -0.117. The number of ketones is 1. The van der Waals surface area contributed by atoms with Crippen LogP contribution in [0.2, 0.25) is 0 Å². The monoisotopic (exact) mass is 169 g/mol. The molecule has 2 heteroatoms. The first kappa shape index (κ1) is 11.2. The number of hydrogen-bond acceptors (Lipinski definition) is 2. The highest BCUT2D eigenvalue weighted by Crippen LogP contribution is 1.99. The fourth-order valence-corrected chi connectivity index (χ4v) is 0.566. The van der Waals surface area contributed by atoms with Crippen molar-refractivity contribution in [2.45, 2.75) is 40.2 Å². The number of carbonyl (C=O) groups is 1. The van der Waals surface area contributed by atoms with Crippen LogP contribution in [-0.2, 0) is 4.79 Å². The number of carbonyl (C=O) groups excluding carboxylic acids is 1. The largest absolute Gasteiger partial charge is 0.386 e. The Morgan fingerprint density at radius 1 is 1.33 bits per heavy atom. The molecular formula is C10H19NO. The van der Waals surface area contributed by atoms with Crippen LogP contribution in [0.25, 0.3) is 0 Å². The van der Waals surface area contributed by atoms with Crippen molar-refractivity contribution in [3.63, 3.8) is 0 Å². The minimum Gasteiger partial charge on any atom is -0.386 e. The third-order valence-corrected chi connectivity index (χ3v) is 1.33. The van der Waals surface area contributed by atoms with Gasteiger partial charge in [0.25, 0.3) is 0 Å². The molecule has 0 aromatic rings. The van der Waals surface area contributed by atoms with Gasteiger partial charge in [-0.15, -0.1) is 0 Å². The number of rotatable bonds is 3. The van der Waals surface area contributed by atoms with Gasteiger partial charge in [-0.25, -0.2) is 0 Å². The lowest BCUT2D eigenvalue weighted by atomic mass is 10.1. The summed E-state index contributed by atoms with van der Waals surface area (Å²) in [5.74, 6) is 0.245. The molecule has 2 nitrogen and oxygen atoms in total. The fourth-order valence-electron chi connectivity index (χ4n) is 0.566. The predicted octanol–water partition coefficient (Wildman–Crippen LogP) is 2.11. The minimum absolute atomic E-state index is 0.0355. The van der Waals surface area contributed by atoms with Crippen LogP contribution in [0.3, 0.4) is 0 Å². The van der Waals surface area contributed by atoms with Crippen LogP contribution >= 0.6 is 0 Å². The zero-order valence-corrected chi connectivity index (χ0v) is 8.64. The van der Waals surface area contributed by atoms with Gasteiger partial charge in [-0.2, -0.15) is 0 Å². The molecule has 0 heterocycles. The topological polar surface area (TPSA) is 29.1 Å². The number of allylic oxidation sites excluding steroid dienone is 1. The average molecular weight is 169 g/mol. The van der Waals surface area contributed by atoms with Gasteiger partial charge in [-0.1, -0.05) is 13.8 Å². The van der Waals surface area contributed by atoms with Gasteiger partial charge in [-0.3, -0.25) is 4.79 Å². The number of nitrogens with one attached hydrogen (secondary N) is 1. The summed E-state index contributed by atoms with van der Waals surface area (Å²) >= 11 is 0. The van der Waals surface area contributed by atoms with Crippen LogP contribution < -0.4 is 5.32 Å². The summed E-state index contributed by atoms with van der Waals surface area (Å²) in [6, 6.07) is 0. The molecule has 0 unspecified atom stereocenters. The zero-order valence-electron chi connectivity index (χ0n) is 8.64. The standard InChI is InChI=1S/C10H19NO/c1-8(2)9(12)6-7-11-10(3,4)5/h6-8,11H,1-5H3/b7-6-. The molecule has 0 rings (SSSR count). The van der Waals surface area contributed by atoms with E-state index in [0.717, 1.165) is 0 Å². The Bertz CT molecular complexity index is 175. The zero-order chi connectivity index (χ0) is 9.78. The van der Waals surface area contributed by atoms with Crippen molar-refractivity contribution < 1.29 is 4.79 Å². The van der Waals surface area contributed by atoms with Crippen LogP contribution in [0.1, 0.15) is 34.6 Å². The van der Waals surface area contributed by atoms with Gasteiger partial charge in [0.2, 0.25) is 0 Å². The van der Waals surface area contributed by atoms with Crippen molar-refractivity contribution in [3.8, 4) is 0 Å². The van der Waals surface area contributed by atoms with E-state index in [1.807, 2.05) is 13.8 Å². The Hall–Kier alpha value is -0.790. The van der Waals surface area contributed by atoms with Crippen molar-refractivity contribution in [2.24, 2.45) is 5.92 Å². The molecular weight excluding hydrogens is 150 g/mol. The molecule has 0 aromatic heterocycles. The van der Waals surface area contributed by atoms with Gasteiger partial charge in [0, 0.05) is 17.7 Å². The molecule has 0 aliphatic rings. The van der Waals surface area contributed by atoms with Crippen molar-refractivity contribution >= 4 is 5.78 Å². The molecule has 0 radical (unpaired) electrons. The Morgan fingerprint density at radius 2 is 1.83 bits per heavy atom. The van der Waals surface area contributed by atoms with Crippen molar-refractivity contribution in [1.82, 2.24) is 5.32 Å². The second-order valence-electron chi connectivity index (χ2n) is 4.28. The molecule has 0 saturated heterocycles. The Balaban J connectivity index is 3.86. The van der Waals surface area contributed by atoms with Gasteiger partial charge in [0.15, 0.2) is 5.78 Å². The van der Waals surface area contributed by atoms with E-state index in [4.69, 9.17) is 0 Å². The van der Waals surface area contributed by atoms with Gasteiger partial charge in [0.1, 0.15) is 0 Å². The molecule has 0 aliphatic heterocycles. The summed E-state index contributed by atoms with van der Waals surface area (Å²) in [7, 11) is 0. The van der Waals surface area contributed by atoms with Crippen molar-refractivity contribution in [2.75, 3.05) is 0 Å². The van der Waals surface area contributed by atoms with E-state index in [-0.39, 0.29) is 17.2 Å². The Morgan fingerprint density at radius 3 is 2.17 bits per heavy atom. The SMILES string of the molecule is CC(C)C(=O)/C=C\NC(C)(C)C. The van der Waals surface area contributed by atoms with Gasteiger partial charge >= 0.3 is 0 Å². The molecule has 0 aliphatic carbocycles. The normalized spacial score (nSPS) is 12.5. The van der Waals surface area contributed by atoms with E-state index < -0.39 is 0 Å². The molecule has 0 amide bonds. The maximum atomic E-state index is 11.1.